The van der Waals surface area contributed by atoms with E-state index >= 15 is 0 Å². The number of hydrogen-bond donors (Lipinski definition) is 2. The largest absolute Gasteiger partial charge is 0.330 e. The van der Waals surface area contributed by atoms with Crippen molar-refractivity contribution in [3.8, 4) is 0 Å². The minimum Gasteiger partial charge on any atom is -0.330 e. The topological polar surface area (TPSA) is 38.0 Å². The molecule has 11 heavy (non-hydrogen) atoms. The van der Waals surface area contributed by atoms with Crippen LogP contribution in [0.3, 0.4) is 0 Å². The van der Waals surface area contributed by atoms with E-state index in [9.17, 15) is 0 Å². The summed E-state index contributed by atoms with van der Waals surface area (Å²) in [7, 11) is 0. The van der Waals surface area contributed by atoms with E-state index in [1.807, 2.05) is 0 Å². The van der Waals surface area contributed by atoms with E-state index in [4.69, 9.17) is 5.73 Å². The Hall–Kier alpha value is -0.0800. The lowest BCUT2D eigenvalue weighted by atomic mass is 10.1. The molecule has 0 heterocycles. The van der Waals surface area contributed by atoms with Crippen molar-refractivity contribution in [2.75, 3.05) is 13.1 Å². The van der Waals surface area contributed by atoms with Crippen LogP contribution in [0.2, 0.25) is 0 Å². The molecule has 0 saturated carbocycles. The van der Waals surface area contributed by atoms with Gasteiger partial charge in [-0.25, -0.2) is 0 Å². The molecular weight excluding hydrogens is 136 g/mol. The standard InChI is InChI=1S/C9H22N2/c1-8(2)5-7-11-9(3)4-6-10/h8-9,11H,4-7,10H2,1-3H3. The van der Waals surface area contributed by atoms with Crippen molar-refractivity contribution < 1.29 is 0 Å². The third kappa shape index (κ3) is 7.82. The molecule has 0 radical (unpaired) electrons. The lowest BCUT2D eigenvalue weighted by Gasteiger charge is -2.13. The van der Waals surface area contributed by atoms with Gasteiger partial charge in [0.05, 0.1) is 0 Å². The zero-order valence-electron chi connectivity index (χ0n) is 8.06. The monoisotopic (exact) mass is 158 g/mol. The molecule has 0 rings (SSSR count). The van der Waals surface area contributed by atoms with Gasteiger partial charge in [-0.3, -0.25) is 0 Å². The van der Waals surface area contributed by atoms with E-state index in [1.165, 1.54) is 6.42 Å². The first kappa shape index (κ1) is 10.9. The van der Waals surface area contributed by atoms with Crippen LogP contribution in [-0.2, 0) is 0 Å². The first-order valence-corrected chi connectivity index (χ1v) is 4.60. The molecule has 0 spiro atoms. The molecular formula is C9H22N2. The average Bonchev–Trinajstić information content (AvgIpc) is 1.87. The molecule has 1 unspecified atom stereocenters. The van der Waals surface area contributed by atoms with Crippen LogP contribution in [0, 0.1) is 5.92 Å². The fourth-order valence-electron chi connectivity index (χ4n) is 0.970. The number of nitrogens with one attached hydrogen (secondary N) is 1. The van der Waals surface area contributed by atoms with Crippen LogP contribution in [0.25, 0.3) is 0 Å². The molecule has 2 nitrogen and oxygen atoms in total. The van der Waals surface area contributed by atoms with E-state index in [2.05, 4.69) is 26.1 Å². The van der Waals surface area contributed by atoms with Crippen molar-refractivity contribution in [1.29, 1.82) is 0 Å². The van der Waals surface area contributed by atoms with Gasteiger partial charge in [0.1, 0.15) is 0 Å². The Labute approximate surface area is 70.5 Å². The highest BCUT2D eigenvalue weighted by molar-refractivity contribution is 4.61. The Bertz CT molecular complexity index is 81.6. The van der Waals surface area contributed by atoms with Gasteiger partial charge >= 0.3 is 0 Å². The maximum atomic E-state index is 5.42. The lowest BCUT2D eigenvalue weighted by Crippen LogP contribution is -2.29. The highest BCUT2D eigenvalue weighted by atomic mass is 14.9. The van der Waals surface area contributed by atoms with E-state index < -0.39 is 0 Å². The number of nitrogens with two attached hydrogens (primary N) is 1. The Balaban J connectivity index is 3.10. The Kier molecular flexibility index (Phi) is 6.57. The van der Waals surface area contributed by atoms with Gasteiger partial charge in [-0.2, -0.15) is 0 Å². The molecule has 0 amide bonds. The van der Waals surface area contributed by atoms with E-state index in [0.717, 1.165) is 25.4 Å². The molecule has 0 bridgehead atoms. The molecule has 3 N–H and O–H groups in total. The van der Waals surface area contributed by atoms with Crippen LogP contribution >= 0.6 is 0 Å². The zero-order valence-corrected chi connectivity index (χ0v) is 8.06. The smallest absolute Gasteiger partial charge is 0.00507 e. The molecule has 2 heteroatoms. The first-order valence-electron chi connectivity index (χ1n) is 4.60. The molecule has 0 aromatic heterocycles. The maximum Gasteiger partial charge on any atom is 0.00507 e. The van der Waals surface area contributed by atoms with Crippen molar-refractivity contribution in [1.82, 2.24) is 5.32 Å². The van der Waals surface area contributed by atoms with E-state index in [1.54, 1.807) is 0 Å². The van der Waals surface area contributed by atoms with Gasteiger partial charge < -0.3 is 11.1 Å². The summed E-state index contributed by atoms with van der Waals surface area (Å²) in [6.07, 6.45) is 2.34. The van der Waals surface area contributed by atoms with Crippen LogP contribution in [0.5, 0.6) is 0 Å². The second kappa shape index (κ2) is 6.62. The summed E-state index contributed by atoms with van der Waals surface area (Å²) in [6, 6.07) is 0.582. The number of hydrogen-bond acceptors (Lipinski definition) is 2. The van der Waals surface area contributed by atoms with E-state index in [-0.39, 0.29) is 0 Å². The van der Waals surface area contributed by atoms with E-state index in [0.29, 0.717) is 6.04 Å². The third-order valence-electron chi connectivity index (χ3n) is 1.81. The highest BCUT2D eigenvalue weighted by Crippen LogP contribution is 1.97. The molecule has 68 valence electrons. The highest BCUT2D eigenvalue weighted by Gasteiger charge is 1.99. The molecule has 0 aromatic carbocycles. The minimum atomic E-state index is 0.582. The van der Waals surface area contributed by atoms with Crippen molar-refractivity contribution in [2.45, 2.75) is 39.7 Å². The molecule has 0 aliphatic heterocycles. The van der Waals surface area contributed by atoms with Crippen molar-refractivity contribution in [3.05, 3.63) is 0 Å². The molecule has 0 aromatic rings. The maximum absolute atomic E-state index is 5.42. The summed E-state index contributed by atoms with van der Waals surface area (Å²) in [6.45, 7) is 8.59. The average molecular weight is 158 g/mol. The number of rotatable bonds is 6. The van der Waals surface area contributed by atoms with Crippen molar-refractivity contribution >= 4 is 0 Å². The SMILES string of the molecule is CC(C)CCNC(C)CCN. The Morgan fingerprint density at radius 3 is 2.27 bits per heavy atom. The van der Waals surface area contributed by atoms with Crippen LogP contribution in [0.1, 0.15) is 33.6 Å². The zero-order chi connectivity index (χ0) is 8.69. The second-order valence-electron chi connectivity index (χ2n) is 3.62. The van der Waals surface area contributed by atoms with Gasteiger partial charge in [0.2, 0.25) is 0 Å². The van der Waals surface area contributed by atoms with Gasteiger partial charge in [-0.15, -0.1) is 0 Å². The van der Waals surface area contributed by atoms with Gasteiger partial charge in [0, 0.05) is 6.04 Å². The second-order valence-corrected chi connectivity index (χ2v) is 3.62. The van der Waals surface area contributed by atoms with Crippen LogP contribution in [-0.4, -0.2) is 19.1 Å². The summed E-state index contributed by atoms with van der Waals surface area (Å²) in [5.74, 6) is 0.799. The molecule has 0 aliphatic rings. The predicted octanol–water partition coefficient (Wildman–Crippen LogP) is 1.36. The van der Waals surface area contributed by atoms with Gasteiger partial charge in [0.25, 0.3) is 0 Å². The summed E-state index contributed by atoms with van der Waals surface area (Å²) in [5, 5.41) is 3.43. The van der Waals surface area contributed by atoms with Crippen molar-refractivity contribution in [3.63, 3.8) is 0 Å². The van der Waals surface area contributed by atoms with Crippen molar-refractivity contribution in [2.24, 2.45) is 11.7 Å². The minimum absolute atomic E-state index is 0.582. The first-order chi connectivity index (χ1) is 5.16. The van der Waals surface area contributed by atoms with Crippen LogP contribution < -0.4 is 11.1 Å². The molecule has 0 saturated heterocycles. The molecule has 0 aliphatic carbocycles. The van der Waals surface area contributed by atoms with Gasteiger partial charge in [-0.05, 0) is 38.8 Å². The quantitative estimate of drug-likeness (QED) is 0.612. The summed E-state index contributed by atoms with van der Waals surface area (Å²) < 4.78 is 0. The van der Waals surface area contributed by atoms with Crippen LogP contribution in [0.15, 0.2) is 0 Å². The fourth-order valence-corrected chi connectivity index (χ4v) is 0.970. The molecule has 0 fully saturated rings. The Morgan fingerprint density at radius 1 is 1.18 bits per heavy atom. The van der Waals surface area contributed by atoms with Gasteiger partial charge in [0.15, 0.2) is 0 Å². The summed E-state index contributed by atoms with van der Waals surface area (Å²) in [4.78, 5) is 0. The summed E-state index contributed by atoms with van der Waals surface area (Å²) in [5.41, 5.74) is 5.42. The summed E-state index contributed by atoms with van der Waals surface area (Å²) >= 11 is 0. The predicted molar refractivity (Wildman–Crippen MR) is 50.6 cm³/mol. The third-order valence-corrected chi connectivity index (χ3v) is 1.81. The Morgan fingerprint density at radius 2 is 1.82 bits per heavy atom. The lowest BCUT2D eigenvalue weighted by molar-refractivity contribution is 0.472. The molecule has 1 atom stereocenters. The van der Waals surface area contributed by atoms with Gasteiger partial charge in [-0.1, -0.05) is 13.8 Å². The van der Waals surface area contributed by atoms with Crippen LogP contribution in [0.4, 0.5) is 0 Å². The normalized spacial score (nSPS) is 13.9. The fraction of sp³-hybridized carbons (Fsp3) is 1.00.